The molecule has 0 spiro atoms. The van der Waals surface area contributed by atoms with E-state index in [0.29, 0.717) is 6.61 Å². The Hall–Kier alpha value is -1.46. The number of ether oxygens (including phenoxy) is 7. The highest BCUT2D eigenvalue weighted by Crippen LogP contribution is 2.32. The highest BCUT2D eigenvalue weighted by atomic mass is 35.5. The van der Waals surface area contributed by atoms with Crippen LogP contribution < -0.4 is 0 Å². The summed E-state index contributed by atoms with van der Waals surface area (Å²) in [7, 11) is 0. The van der Waals surface area contributed by atoms with Gasteiger partial charge in [0.15, 0.2) is 25.3 Å². The highest BCUT2D eigenvalue weighted by Gasteiger charge is 2.53. The van der Waals surface area contributed by atoms with Gasteiger partial charge in [0.2, 0.25) is 6.29 Å². The molecule has 3 rings (SSSR count). The molecule has 31 heavy (non-hydrogen) atoms. The molecular weight excluding hydrogens is 455 g/mol. The molecule has 2 heterocycles. The van der Waals surface area contributed by atoms with Crippen LogP contribution in [0.15, 0.2) is 30.3 Å². The van der Waals surface area contributed by atoms with Gasteiger partial charge in [-0.05, 0) is 12.5 Å². The van der Waals surface area contributed by atoms with Gasteiger partial charge < -0.3 is 33.2 Å². The number of esters is 2. The molecule has 0 N–H and O–H groups in total. The van der Waals surface area contributed by atoms with Crippen LogP contribution >= 0.6 is 23.2 Å². The van der Waals surface area contributed by atoms with E-state index in [2.05, 4.69) is 0 Å². The van der Waals surface area contributed by atoms with Crippen molar-refractivity contribution in [2.24, 2.45) is 0 Å². The minimum atomic E-state index is -1.15. The van der Waals surface area contributed by atoms with E-state index in [-0.39, 0.29) is 19.3 Å². The van der Waals surface area contributed by atoms with Crippen LogP contribution in [-0.4, -0.2) is 74.1 Å². The Bertz CT molecular complexity index is 720. The van der Waals surface area contributed by atoms with Crippen LogP contribution in [0.2, 0.25) is 0 Å². The molecule has 0 aromatic heterocycles. The van der Waals surface area contributed by atoms with E-state index in [1.165, 1.54) is 0 Å². The van der Waals surface area contributed by atoms with E-state index >= 15 is 0 Å². The van der Waals surface area contributed by atoms with Gasteiger partial charge in [0.25, 0.3) is 0 Å². The lowest BCUT2D eigenvalue weighted by Crippen LogP contribution is -2.65. The van der Waals surface area contributed by atoms with Crippen molar-refractivity contribution in [2.45, 2.75) is 50.5 Å². The first-order chi connectivity index (χ1) is 15.0. The molecule has 2 saturated heterocycles. The molecular formula is C20H24Cl2O9. The fourth-order valence-corrected chi connectivity index (χ4v) is 3.40. The van der Waals surface area contributed by atoms with Crippen molar-refractivity contribution in [2.75, 3.05) is 25.2 Å². The van der Waals surface area contributed by atoms with Crippen molar-refractivity contribution in [3.63, 3.8) is 0 Å². The predicted molar refractivity (Wildman–Crippen MR) is 107 cm³/mol. The van der Waals surface area contributed by atoms with Gasteiger partial charge in [-0.3, -0.25) is 9.59 Å². The van der Waals surface area contributed by atoms with Gasteiger partial charge >= 0.3 is 11.9 Å². The Morgan fingerprint density at radius 2 is 1.71 bits per heavy atom. The number of carbonyl (C=O) groups is 2. The maximum atomic E-state index is 11.9. The fourth-order valence-electron chi connectivity index (χ4n) is 3.28. The van der Waals surface area contributed by atoms with Gasteiger partial charge in [0.05, 0.1) is 13.2 Å². The van der Waals surface area contributed by atoms with E-state index in [4.69, 9.17) is 56.4 Å². The van der Waals surface area contributed by atoms with Gasteiger partial charge in [-0.15, -0.1) is 23.2 Å². The van der Waals surface area contributed by atoms with Crippen molar-refractivity contribution in [3.8, 4) is 0 Å². The molecule has 172 valence electrons. The summed E-state index contributed by atoms with van der Waals surface area (Å²) in [5.41, 5.74) is 0.956. The summed E-state index contributed by atoms with van der Waals surface area (Å²) in [6, 6.07) is 9.51. The van der Waals surface area contributed by atoms with Crippen molar-refractivity contribution in [1.82, 2.24) is 0 Å². The Kier molecular flexibility index (Phi) is 9.33. The molecule has 1 aromatic carbocycles. The number of carbonyl (C=O) groups excluding carboxylic acids is 2. The first-order valence-electron chi connectivity index (χ1n) is 9.68. The van der Waals surface area contributed by atoms with Crippen molar-refractivity contribution < 1.29 is 42.7 Å². The molecule has 0 amide bonds. The summed E-state index contributed by atoms with van der Waals surface area (Å²) in [6.45, 7) is 2.00. The average Bonchev–Trinajstić information content (AvgIpc) is 2.79. The van der Waals surface area contributed by atoms with Crippen LogP contribution in [0.1, 0.15) is 12.5 Å². The first-order valence-corrected chi connectivity index (χ1v) is 10.8. The van der Waals surface area contributed by atoms with Gasteiger partial charge in [0, 0.05) is 0 Å². The zero-order chi connectivity index (χ0) is 22.2. The Balaban J connectivity index is 1.71. The molecule has 2 fully saturated rings. The van der Waals surface area contributed by atoms with Crippen LogP contribution in [-0.2, 0) is 49.4 Å². The lowest BCUT2D eigenvalue weighted by molar-refractivity contribution is -0.364. The molecule has 1 aromatic rings. The molecule has 6 atom stereocenters. The third kappa shape index (κ3) is 6.76. The molecule has 11 heteroatoms. The number of hydrogen-bond acceptors (Lipinski definition) is 9. The quantitative estimate of drug-likeness (QED) is 0.228. The van der Waals surface area contributed by atoms with E-state index < -0.39 is 54.8 Å². The number of fused-ring (bicyclic) bond motifs is 1. The Labute approximate surface area is 189 Å². The second-order valence-electron chi connectivity index (χ2n) is 6.84. The molecule has 2 aliphatic heterocycles. The summed E-state index contributed by atoms with van der Waals surface area (Å²) in [6.07, 6.45) is -5.26. The fraction of sp³-hybridized carbons (Fsp3) is 0.600. The third-order valence-electron chi connectivity index (χ3n) is 4.62. The van der Waals surface area contributed by atoms with Crippen LogP contribution in [0.4, 0.5) is 0 Å². The average molecular weight is 479 g/mol. The topological polar surface area (TPSA) is 98.8 Å². The van der Waals surface area contributed by atoms with Crippen LogP contribution in [0.25, 0.3) is 0 Å². The summed E-state index contributed by atoms with van der Waals surface area (Å²) in [5, 5.41) is 0. The number of rotatable bonds is 9. The zero-order valence-corrected chi connectivity index (χ0v) is 18.3. The highest BCUT2D eigenvalue weighted by molar-refractivity contribution is 6.26. The first kappa shape index (κ1) is 24.2. The van der Waals surface area contributed by atoms with Gasteiger partial charge in [-0.25, -0.2) is 0 Å². The van der Waals surface area contributed by atoms with Crippen molar-refractivity contribution in [3.05, 3.63) is 35.9 Å². The number of benzene rings is 1. The lowest BCUT2D eigenvalue weighted by atomic mass is 9.97. The predicted octanol–water partition coefficient (Wildman–Crippen LogP) is 1.96. The minimum absolute atomic E-state index is 0.167. The summed E-state index contributed by atoms with van der Waals surface area (Å²) >= 11 is 11.2. The van der Waals surface area contributed by atoms with Crippen LogP contribution in [0, 0.1) is 0 Å². The van der Waals surface area contributed by atoms with Gasteiger partial charge in [0.1, 0.15) is 24.0 Å². The third-order valence-corrected chi connectivity index (χ3v) is 5.05. The minimum Gasteiger partial charge on any atom is -0.454 e. The second kappa shape index (κ2) is 12.0. The summed E-state index contributed by atoms with van der Waals surface area (Å²) in [4.78, 5) is 23.9. The molecule has 0 saturated carbocycles. The number of hydrogen-bond donors (Lipinski definition) is 0. The summed E-state index contributed by atoms with van der Waals surface area (Å²) < 4.78 is 39.2. The molecule has 9 nitrogen and oxygen atoms in total. The largest absolute Gasteiger partial charge is 0.454 e. The van der Waals surface area contributed by atoms with Gasteiger partial charge in [-0.2, -0.15) is 0 Å². The zero-order valence-electron chi connectivity index (χ0n) is 16.8. The van der Waals surface area contributed by atoms with E-state index in [1.54, 1.807) is 6.92 Å². The number of halogens is 2. The Morgan fingerprint density at radius 3 is 2.39 bits per heavy atom. The van der Waals surface area contributed by atoms with Crippen molar-refractivity contribution in [1.29, 1.82) is 0 Å². The molecule has 6 unspecified atom stereocenters. The number of alkyl halides is 2. The maximum Gasteiger partial charge on any atom is 0.321 e. The van der Waals surface area contributed by atoms with Crippen molar-refractivity contribution >= 4 is 35.1 Å². The normalized spacial score (nSPS) is 30.3. The van der Waals surface area contributed by atoms with Crippen LogP contribution in [0.3, 0.4) is 0 Å². The lowest BCUT2D eigenvalue weighted by Gasteiger charge is -2.47. The SMILES string of the molecule is CC1OCC2OC(OCOCc3ccccc3)C(OC(=O)CCl)C(OC(=O)CCl)C2O1. The molecule has 2 aliphatic rings. The maximum absolute atomic E-state index is 11.9. The second-order valence-corrected chi connectivity index (χ2v) is 7.37. The summed E-state index contributed by atoms with van der Waals surface area (Å²) in [5.74, 6) is -2.23. The van der Waals surface area contributed by atoms with E-state index in [0.717, 1.165) is 5.56 Å². The smallest absolute Gasteiger partial charge is 0.321 e. The van der Waals surface area contributed by atoms with Crippen LogP contribution in [0.5, 0.6) is 0 Å². The van der Waals surface area contributed by atoms with Gasteiger partial charge in [-0.1, -0.05) is 30.3 Å². The Morgan fingerprint density at radius 1 is 1.03 bits per heavy atom. The molecule has 0 aliphatic carbocycles. The van der Waals surface area contributed by atoms with E-state index in [9.17, 15) is 9.59 Å². The monoisotopic (exact) mass is 478 g/mol. The standard InChI is InChI=1S/C20H24Cl2O9/c1-12-26-10-14-17(28-12)18(30-15(23)7-21)19(31-16(24)8-22)20(29-14)27-11-25-9-13-5-3-2-4-6-13/h2-6,12,14,17-20H,7-11H2,1H3. The molecule has 0 radical (unpaired) electrons. The van der Waals surface area contributed by atoms with E-state index in [1.807, 2.05) is 30.3 Å². The molecule has 0 bridgehead atoms.